The summed E-state index contributed by atoms with van der Waals surface area (Å²) in [6.07, 6.45) is 5.99. The van der Waals surface area contributed by atoms with E-state index in [0.29, 0.717) is 23.3 Å². The van der Waals surface area contributed by atoms with Gasteiger partial charge in [0.2, 0.25) is 11.9 Å². The van der Waals surface area contributed by atoms with Crippen LogP contribution in [0.5, 0.6) is 0 Å². The normalized spacial score (nSPS) is 13.6. The van der Waals surface area contributed by atoms with Gasteiger partial charge in [0.15, 0.2) is 5.16 Å². The van der Waals surface area contributed by atoms with E-state index < -0.39 is 0 Å². The molecule has 0 spiro atoms. The summed E-state index contributed by atoms with van der Waals surface area (Å²) in [6.45, 7) is 4.17. The third kappa shape index (κ3) is 3.42. The first-order chi connectivity index (χ1) is 13.1. The molecule has 0 amide bonds. The summed E-state index contributed by atoms with van der Waals surface area (Å²) in [5.41, 5.74) is 12.4. The molecule has 4 N–H and O–H groups in total. The highest BCUT2D eigenvalue weighted by Gasteiger charge is 2.22. The van der Waals surface area contributed by atoms with Gasteiger partial charge in [-0.15, -0.1) is 17.9 Å². The predicted molar refractivity (Wildman–Crippen MR) is 109 cm³/mol. The first kappa shape index (κ1) is 17.9. The zero-order chi connectivity index (χ0) is 19.0. The van der Waals surface area contributed by atoms with Crippen molar-refractivity contribution in [2.75, 3.05) is 11.5 Å². The Morgan fingerprint density at radius 3 is 2.63 bits per heavy atom. The van der Waals surface area contributed by atoms with Gasteiger partial charge < -0.3 is 11.5 Å². The molecule has 3 aromatic rings. The highest BCUT2D eigenvalue weighted by molar-refractivity contribution is 7.98. The van der Waals surface area contributed by atoms with Crippen molar-refractivity contribution in [2.24, 2.45) is 0 Å². The Kier molecular flexibility index (Phi) is 4.83. The van der Waals surface area contributed by atoms with Crippen LogP contribution in [-0.4, -0.2) is 24.5 Å². The summed E-state index contributed by atoms with van der Waals surface area (Å²) in [7, 11) is 0. The molecule has 0 aliphatic heterocycles. The molecule has 3 aromatic heterocycles. The van der Waals surface area contributed by atoms with Crippen LogP contribution in [0.15, 0.2) is 22.6 Å². The van der Waals surface area contributed by atoms with Crippen molar-refractivity contribution in [1.82, 2.24) is 24.5 Å². The van der Waals surface area contributed by atoms with Gasteiger partial charge >= 0.3 is 0 Å². The molecule has 3 heterocycles. The van der Waals surface area contributed by atoms with Crippen LogP contribution in [-0.2, 0) is 25.1 Å². The van der Waals surface area contributed by atoms with E-state index in [0.717, 1.165) is 29.5 Å². The Morgan fingerprint density at radius 2 is 1.89 bits per heavy atom. The number of fused-ring (bicyclic) bond motifs is 3. The molecule has 4 rings (SSSR count). The van der Waals surface area contributed by atoms with E-state index in [4.69, 9.17) is 16.5 Å². The predicted octanol–water partition coefficient (Wildman–Crippen LogP) is 2.16. The maximum absolute atomic E-state index is 13.2. The van der Waals surface area contributed by atoms with E-state index in [1.807, 2.05) is 0 Å². The first-order valence-electron chi connectivity index (χ1n) is 8.61. The zero-order valence-corrected chi connectivity index (χ0v) is 16.3. The molecule has 0 atom stereocenters. The maximum atomic E-state index is 13.2. The molecule has 0 bridgehead atoms. The number of thiophene rings is 1. The fourth-order valence-corrected chi connectivity index (χ4v) is 5.44. The van der Waals surface area contributed by atoms with E-state index in [-0.39, 0.29) is 17.5 Å². The van der Waals surface area contributed by atoms with Crippen LogP contribution in [0.25, 0.3) is 10.2 Å². The van der Waals surface area contributed by atoms with Gasteiger partial charge in [0.1, 0.15) is 10.7 Å². The Morgan fingerprint density at radius 1 is 1.15 bits per heavy atom. The van der Waals surface area contributed by atoms with Crippen molar-refractivity contribution in [3.63, 3.8) is 0 Å². The number of aromatic nitrogens is 5. The molecule has 1 aliphatic carbocycles. The van der Waals surface area contributed by atoms with Crippen LogP contribution < -0.4 is 17.0 Å². The average Bonchev–Trinajstić information content (AvgIpc) is 3.00. The fourth-order valence-electron chi connectivity index (χ4n) is 3.27. The van der Waals surface area contributed by atoms with E-state index in [9.17, 15) is 4.79 Å². The highest BCUT2D eigenvalue weighted by atomic mass is 32.2. The Hall–Kier alpha value is -2.46. The topological polar surface area (TPSA) is 126 Å². The van der Waals surface area contributed by atoms with Gasteiger partial charge in [-0.3, -0.25) is 9.36 Å². The van der Waals surface area contributed by atoms with Gasteiger partial charge in [0.25, 0.3) is 5.56 Å². The van der Waals surface area contributed by atoms with Crippen molar-refractivity contribution >= 4 is 45.2 Å². The molecular weight excluding hydrogens is 382 g/mol. The van der Waals surface area contributed by atoms with Crippen molar-refractivity contribution in [2.45, 2.75) is 43.1 Å². The second kappa shape index (κ2) is 7.28. The number of nitrogens with two attached hydrogens (primary N) is 2. The molecule has 1 aliphatic rings. The van der Waals surface area contributed by atoms with Crippen molar-refractivity contribution in [3.05, 3.63) is 39.3 Å². The highest BCUT2D eigenvalue weighted by Crippen LogP contribution is 2.35. The Bertz CT molecular complexity index is 1070. The molecule has 0 aromatic carbocycles. The lowest BCUT2D eigenvalue weighted by atomic mass is 9.97. The molecule has 27 heavy (non-hydrogen) atoms. The number of thioether (sulfide) groups is 1. The van der Waals surface area contributed by atoms with Crippen LogP contribution in [0.1, 0.15) is 29.1 Å². The minimum absolute atomic E-state index is 0.00326. The van der Waals surface area contributed by atoms with Gasteiger partial charge in [0, 0.05) is 11.4 Å². The first-order valence-corrected chi connectivity index (χ1v) is 10.4. The average molecular weight is 402 g/mol. The van der Waals surface area contributed by atoms with Gasteiger partial charge in [0.05, 0.1) is 11.1 Å². The number of allylic oxidation sites excluding steroid dienone is 1. The standard InChI is InChI=1S/C17H19N7OS2/c1-2-7-24-14(25)12-9-5-3-4-6-10(9)27-13(12)22-17(24)26-8-11-20-15(18)23-16(19)21-11/h2H,1,3-8H2,(H4,18,19,20,21,23). The Balaban J connectivity index is 1.76. The molecule has 0 saturated heterocycles. The van der Waals surface area contributed by atoms with E-state index in [1.54, 1.807) is 22.0 Å². The van der Waals surface area contributed by atoms with Gasteiger partial charge in [-0.05, 0) is 31.2 Å². The summed E-state index contributed by atoms with van der Waals surface area (Å²) < 4.78 is 1.66. The van der Waals surface area contributed by atoms with E-state index in [1.165, 1.54) is 28.6 Å². The number of anilines is 2. The zero-order valence-electron chi connectivity index (χ0n) is 14.6. The quantitative estimate of drug-likeness (QED) is 0.378. The van der Waals surface area contributed by atoms with E-state index >= 15 is 0 Å². The monoisotopic (exact) mass is 401 g/mol. The molecule has 0 fully saturated rings. The number of hydrogen-bond acceptors (Lipinski definition) is 9. The second-order valence-electron chi connectivity index (χ2n) is 6.25. The molecule has 10 heteroatoms. The van der Waals surface area contributed by atoms with Crippen molar-refractivity contribution in [1.29, 1.82) is 0 Å². The smallest absolute Gasteiger partial charge is 0.263 e. The summed E-state index contributed by atoms with van der Waals surface area (Å²) in [5, 5.41) is 1.39. The van der Waals surface area contributed by atoms with Gasteiger partial charge in [-0.2, -0.15) is 15.0 Å². The number of nitrogens with zero attached hydrogens (tertiary/aromatic N) is 5. The van der Waals surface area contributed by atoms with Crippen molar-refractivity contribution in [3.8, 4) is 0 Å². The lowest BCUT2D eigenvalue weighted by Gasteiger charge is -2.12. The Labute approximate surface area is 163 Å². The molecule has 0 unspecified atom stereocenters. The summed E-state index contributed by atoms with van der Waals surface area (Å²) >= 11 is 3.02. The van der Waals surface area contributed by atoms with Crippen LogP contribution in [0, 0.1) is 0 Å². The van der Waals surface area contributed by atoms with E-state index in [2.05, 4.69) is 21.5 Å². The summed E-state index contributed by atoms with van der Waals surface area (Å²) in [5.74, 6) is 0.999. The number of rotatable bonds is 5. The maximum Gasteiger partial charge on any atom is 0.263 e. The van der Waals surface area contributed by atoms with Gasteiger partial charge in [-0.25, -0.2) is 4.98 Å². The molecule has 0 radical (unpaired) electrons. The lowest BCUT2D eigenvalue weighted by Crippen LogP contribution is -2.23. The minimum atomic E-state index is -0.00326. The third-order valence-corrected chi connectivity index (χ3v) is 6.56. The number of nitrogen functional groups attached to an aromatic ring is 2. The van der Waals surface area contributed by atoms with Gasteiger partial charge in [-0.1, -0.05) is 17.8 Å². The van der Waals surface area contributed by atoms with Crippen LogP contribution in [0.4, 0.5) is 11.9 Å². The summed E-state index contributed by atoms with van der Waals surface area (Å²) in [4.78, 5) is 32.0. The van der Waals surface area contributed by atoms with Crippen LogP contribution in [0.3, 0.4) is 0 Å². The minimum Gasteiger partial charge on any atom is -0.368 e. The fraction of sp³-hybridized carbons (Fsp3) is 0.353. The molecule has 8 nitrogen and oxygen atoms in total. The summed E-state index contributed by atoms with van der Waals surface area (Å²) in [6, 6.07) is 0. The number of aryl methyl sites for hydroxylation is 2. The largest absolute Gasteiger partial charge is 0.368 e. The molecule has 140 valence electrons. The number of hydrogen-bond donors (Lipinski definition) is 2. The van der Waals surface area contributed by atoms with Crippen LogP contribution in [0.2, 0.25) is 0 Å². The second-order valence-corrected chi connectivity index (χ2v) is 8.27. The molecule has 0 saturated carbocycles. The van der Waals surface area contributed by atoms with Crippen molar-refractivity contribution < 1.29 is 0 Å². The van der Waals surface area contributed by atoms with Crippen LogP contribution >= 0.6 is 23.1 Å². The third-order valence-electron chi connectivity index (χ3n) is 4.40. The SMILES string of the molecule is C=CCn1c(SCc2nc(N)nc(N)n2)nc2sc3c(c2c1=O)CCCC3. The molecular formula is C17H19N7OS2. The lowest BCUT2D eigenvalue weighted by molar-refractivity contribution is 0.668.